The quantitative estimate of drug-likeness (QED) is 0.709. The monoisotopic (exact) mass is 286 g/mol. The van der Waals surface area contributed by atoms with Crippen LogP contribution in [0.4, 0.5) is 0 Å². The first kappa shape index (κ1) is 13.1. The third kappa shape index (κ3) is 3.01. The molecule has 84 valence electrons. The van der Waals surface area contributed by atoms with Gasteiger partial charge in [-0.05, 0) is 41.5 Å². The van der Waals surface area contributed by atoms with E-state index in [9.17, 15) is 0 Å². The molecule has 0 bridgehead atoms. The van der Waals surface area contributed by atoms with Gasteiger partial charge in [-0.25, -0.2) is 0 Å². The van der Waals surface area contributed by atoms with Gasteiger partial charge in [-0.2, -0.15) is 0 Å². The molecule has 0 aliphatic rings. The lowest BCUT2D eigenvalue weighted by molar-refractivity contribution is 0.716. The summed E-state index contributed by atoms with van der Waals surface area (Å²) in [6.45, 7) is 8.87. The topological polar surface area (TPSA) is 0 Å². The number of hydrogen-bond donors (Lipinski definition) is 1. The SMILES string of the molecule is CCC(C)c1cc(Br)c(C(C)C)cc1S. The van der Waals surface area contributed by atoms with Crippen LogP contribution in [0.2, 0.25) is 0 Å². The predicted molar refractivity (Wildman–Crippen MR) is 74.2 cm³/mol. The third-order valence-electron chi connectivity index (χ3n) is 2.91. The van der Waals surface area contributed by atoms with Crippen LogP contribution in [-0.2, 0) is 0 Å². The van der Waals surface area contributed by atoms with Crippen LogP contribution in [0, 0.1) is 0 Å². The van der Waals surface area contributed by atoms with E-state index in [2.05, 4.69) is 68.4 Å². The summed E-state index contributed by atoms with van der Waals surface area (Å²) in [5, 5.41) is 0. The minimum atomic E-state index is 0.538. The van der Waals surface area contributed by atoms with Crippen LogP contribution >= 0.6 is 28.6 Å². The Morgan fingerprint density at radius 2 is 1.80 bits per heavy atom. The Bertz CT molecular complexity index is 345. The maximum atomic E-state index is 4.58. The standard InChI is InChI=1S/C13H19BrS/c1-5-9(4)11-6-12(14)10(8(2)3)7-13(11)15/h6-9,15H,5H2,1-4H3. The van der Waals surface area contributed by atoms with Gasteiger partial charge in [0, 0.05) is 9.37 Å². The Morgan fingerprint density at radius 3 is 2.27 bits per heavy atom. The minimum Gasteiger partial charge on any atom is -0.143 e. The molecule has 1 rings (SSSR count). The fraction of sp³-hybridized carbons (Fsp3) is 0.538. The van der Waals surface area contributed by atoms with Crippen LogP contribution in [0.3, 0.4) is 0 Å². The smallest absolute Gasteiger partial charge is 0.0213 e. The molecule has 1 atom stereocenters. The molecule has 0 fully saturated rings. The van der Waals surface area contributed by atoms with Gasteiger partial charge in [0.2, 0.25) is 0 Å². The van der Waals surface area contributed by atoms with Gasteiger partial charge in [-0.3, -0.25) is 0 Å². The first-order chi connectivity index (χ1) is 6.97. The highest BCUT2D eigenvalue weighted by atomic mass is 79.9. The highest BCUT2D eigenvalue weighted by molar-refractivity contribution is 9.10. The van der Waals surface area contributed by atoms with Gasteiger partial charge in [-0.1, -0.05) is 43.6 Å². The molecule has 1 unspecified atom stereocenters. The van der Waals surface area contributed by atoms with Gasteiger partial charge in [0.15, 0.2) is 0 Å². The number of halogens is 1. The molecular formula is C13H19BrS. The van der Waals surface area contributed by atoms with Crippen molar-refractivity contribution >= 4 is 28.6 Å². The van der Waals surface area contributed by atoms with E-state index in [4.69, 9.17) is 0 Å². The number of rotatable bonds is 3. The second-order valence-electron chi connectivity index (χ2n) is 4.40. The van der Waals surface area contributed by atoms with E-state index in [0.29, 0.717) is 11.8 Å². The first-order valence-electron chi connectivity index (χ1n) is 5.49. The zero-order valence-electron chi connectivity index (χ0n) is 9.84. The molecule has 0 spiro atoms. The molecule has 0 amide bonds. The van der Waals surface area contributed by atoms with E-state index in [1.54, 1.807) is 0 Å². The second-order valence-corrected chi connectivity index (χ2v) is 5.73. The summed E-state index contributed by atoms with van der Waals surface area (Å²) in [6, 6.07) is 4.42. The number of thiol groups is 1. The van der Waals surface area contributed by atoms with E-state index in [0.717, 1.165) is 11.3 Å². The molecule has 0 heterocycles. The fourth-order valence-electron chi connectivity index (χ4n) is 1.65. The molecular weight excluding hydrogens is 268 g/mol. The summed E-state index contributed by atoms with van der Waals surface area (Å²) >= 11 is 8.23. The number of benzene rings is 1. The first-order valence-corrected chi connectivity index (χ1v) is 6.73. The lowest BCUT2D eigenvalue weighted by Gasteiger charge is -2.16. The molecule has 0 aliphatic carbocycles. The summed E-state index contributed by atoms with van der Waals surface area (Å²) < 4.78 is 1.21. The molecule has 0 nitrogen and oxygen atoms in total. The Kier molecular flexibility index (Phi) is 4.72. The maximum absolute atomic E-state index is 4.58. The Labute approximate surface area is 107 Å². The largest absolute Gasteiger partial charge is 0.143 e. The van der Waals surface area contributed by atoms with E-state index in [-0.39, 0.29) is 0 Å². The zero-order chi connectivity index (χ0) is 11.6. The summed E-state index contributed by atoms with van der Waals surface area (Å²) in [4.78, 5) is 1.12. The van der Waals surface area contributed by atoms with Crippen molar-refractivity contribution < 1.29 is 0 Å². The third-order valence-corrected chi connectivity index (χ3v) is 3.99. The molecule has 0 saturated heterocycles. The van der Waals surface area contributed by atoms with Crippen molar-refractivity contribution in [3.05, 3.63) is 27.7 Å². The molecule has 0 saturated carbocycles. The van der Waals surface area contributed by atoms with Gasteiger partial charge < -0.3 is 0 Å². The van der Waals surface area contributed by atoms with Gasteiger partial charge in [-0.15, -0.1) is 12.6 Å². The van der Waals surface area contributed by atoms with E-state index in [1.165, 1.54) is 15.6 Å². The van der Waals surface area contributed by atoms with Crippen LogP contribution in [0.1, 0.15) is 57.1 Å². The maximum Gasteiger partial charge on any atom is 0.0213 e. The minimum absolute atomic E-state index is 0.538. The second kappa shape index (κ2) is 5.40. The molecule has 1 aromatic rings. The fourth-order valence-corrected chi connectivity index (χ4v) is 2.89. The molecule has 0 aromatic heterocycles. The lowest BCUT2D eigenvalue weighted by atomic mass is 9.94. The summed E-state index contributed by atoms with van der Waals surface area (Å²) in [6.07, 6.45) is 1.15. The molecule has 0 radical (unpaired) electrons. The van der Waals surface area contributed by atoms with Gasteiger partial charge in [0.05, 0.1) is 0 Å². The van der Waals surface area contributed by atoms with E-state index in [1.807, 2.05) is 0 Å². The molecule has 0 N–H and O–H groups in total. The van der Waals surface area contributed by atoms with Crippen molar-refractivity contribution in [1.82, 2.24) is 0 Å². The van der Waals surface area contributed by atoms with Crippen LogP contribution < -0.4 is 0 Å². The average Bonchev–Trinajstić information content (AvgIpc) is 2.19. The van der Waals surface area contributed by atoms with Crippen molar-refractivity contribution in [3.8, 4) is 0 Å². The highest BCUT2D eigenvalue weighted by Crippen LogP contribution is 2.34. The zero-order valence-corrected chi connectivity index (χ0v) is 12.3. The van der Waals surface area contributed by atoms with Crippen LogP contribution in [0.15, 0.2) is 21.5 Å². The molecule has 1 aromatic carbocycles. The van der Waals surface area contributed by atoms with Crippen molar-refractivity contribution in [2.45, 2.75) is 50.8 Å². The highest BCUT2D eigenvalue weighted by Gasteiger charge is 2.12. The summed E-state index contributed by atoms with van der Waals surface area (Å²) in [5.74, 6) is 1.12. The van der Waals surface area contributed by atoms with Crippen LogP contribution in [-0.4, -0.2) is 0 Å². The van der Waals surface area contributed by atoms with Crippen LogP contribution in [0.5, 0.6) is 0 Å². The summed E-state index contributed by atoms with van der Waals surface area (Å²) in [5.41, 5.74) is 2.68. The molecule has 15 heavy (non-hydrogen) atoms. The summed E-state index contributed by atoms with van der Waals surface area (Å²) in [7, 11) is 0. The van der Waals surface area contributed by atoms with Gasteiger partial charge in [0.1, 0.15) is 0 Å². The average molecular weight is 287 g/mol. The Morgan fingerprint density at radius 1 is 1.20 bits per heavy atom. The van der Waals surface area contributed by atoms with Crippen molar-refractivity contribution in [2.24, 2.45) is 0 Å². The van der Waals surface area contributed by atoms with E-state index >= 15 is 0 Å². The van der Waals surface area contributed by atoms with Crippen LogP contribution in [0.25, 0.3) is 0 Å². The van der Waals surface area contributed by atoms with Crippen molar-refractivity contribution in [2.75, 3.05) is 0 Å². The normalized spacial score (nSPS) is 13.3. The Balaban J connectivity index is 3.19. The van der Waals surface area contributed by atoms with Crippen molar-refractivity contribution in [3.63, 3.8) is 0 Å². The lowest BCUT2D eigenvalue weighted by Crippen LogP contribution is -1.97. The Hall–Kier alpha value is 0.0500. The van der Waals surface area contributed by atoms with Crippen molar-refractivity contribution in [1.29, 1.82) is 0 Å². The van der Waals surface area contributed by atoms with Gasteiger partial charge >= 0.3 is 0 Å². The molecule has 0 aliphatic heterocycles. The van der Waals surface area contributed by atoms with E-state index < -0.39 is 0 Å². The predicted octanol–water partition coefficient (Wildman–Crippen LogP) is 5.37. The number of hydrogen-bond acceptors (Lipinski definition) is 1. The molecule has 2 heteroatoms. The van der Waals surface area contributed by atoms with Gasteiger partial charge in [0.25, 0.3) is 0 Å².